The average Bonchev–Trinajstić information content (AvgIpc) is 3.33. The smallest absolute Gasteiger partial charge is 0.160 e. The number of nitrogens with zero attached hydrogens (tertiary/aromatic N) is 7. The number of H-pyrrole nitrogens is 1. The Morgan fingerprint density at radius 3 is 2.46 bits per heavy atom. The van der Waals surface area contributed by atoms with Crippen LogP contribution in [0.2, 0.25) is 5.02 Å². The van der Waals surface area contributed by atoms with E-state index in [-0.39, 0.29) is 12.4 Å². The van der Waals surface area contributed by atoms with Crippen molar-refractivity contribution in [3.63, 3.8) is 0 Å². The molecule has 2 aliphatic heterocycles. The van der Waals surface area contributed by atoms with Gasteiger partial charge >= 0.3 is 0 Å². The lowest BCUT2D eigenvalue weighted by Crippen LogP contribution is -2.47. The third kappa shape index (κ3) is 6.22. The summed E-state index contributed by atoms with van der Waals surface area (Å²) in [5.74, 6) is 1.86. The van der Waals surface area contributed by atoms with Gasteiger partial charge in [-0.05, 0) is 38.9 Å². The number of aromatic nitrogens is 4. The minimum absolute atomic E-state index is 0. The molecule has 4 heterocycles. The Hall–Kier alpha value is -2.33. The van der Waals surface area contributed by atoms with Gasteiger partial charge in [-0.1, -0.05) is 18.5 Å². The Morgan fingerprint density at radius 1 is 1.00 bits per heavy atom. The predicted molar refractivity (Wildman–Crippen MR) is 153 cm³/mol. The molecule has 2 fully saturated rings. The van der Waals surface area contributed by atoms with E-state index in [9.17, 15) is 0 Å². The van der Waals surface area contributed by atoms with Gasteiger partial charge in [0.15, 0.2) is 5.65 Å². The zero-order chi connectivity index (χ0) is 25.1. The molecule has 3 aromatic rings. The number of nitrogens with one attached hydrogen (secondary N) is 1. The molecule has 0 amide bonds. The number of hydrogen-bond acceptors (Lipinski definition) is 8. The Bertz CT molecular complexity index is 1170. The van der Waals surface area contributed by atoms with Crippen LogP contribution in [-0.4, -0.2) is 103 Å². The van der Waals surface area contributed by atoms with Crippen molar-refractivity contribution in [3.05, 3.63) is 34.7 Å². The third-order valence-corrected chi connectivity index (χ3v) is 7.66. The quantitative estimate of drug-likeness (QED) is 0.427. The van der Waals surface area contributed by atoms with E-state index < -0.39 is 0 Å². The average molecular weight is 550 g/mol. The lowest BCUT2D eigenvalue weighted by molar-refractivity contribution is 0.145. The molecule has 0 spiro atoms. The standard InChI is InChI=1S/C26H37ClN8O.ClH/c1-4-21-24-25(31-30-21)28-18-29-26(24)35-13-11-34(12-14-35)22-16-20(27)17-23(19(22)2)36-15-5-6-33-9-7-32(3)8-10-33;/h16-18H,4-15H2,1-3H3,(H,28,29,30,31);1H. The lowest BCUT2D eigenvalue weighted by atomic mass is 10.1. The molecule has 1 aromatic carbocycles. The molecule has 0 aliphatic carbocycles. The Kier molecular flexibility index (Phi) is 9.34. The van der Waals surface area contributed by atoms with E-state index in [2.05, 4.69) is 66.7 Å². The molecular formula is C26H38Cl2N8O. The van der Waals surface area contributed by atoms with Gasteiger partial charge in [0, 0.05) is 75.2 Å². The normalized spacial score (nSPS) is 17.3. The number of piperazine rings is 2. The summed E-state index contributed by atoms with van der Waals surface area (Å²) in [7, 11) is 2.19. The number of aromatic amines is 1. The fourth-order valence-corrected chi connectivity index (χ4v) is 5.42. The van der Waals surface area contributed by atoms with E-state index in [1.54, 1.807) is 6.33 Å². The summed E-state index contributed by atoms with van der Waals surface area (Å²) in [6.07, 6.45) is 3.49. The lowest BCUT2D eigenvalue weighted by Gasteiger charge is -2.37. The van der Waals surface area contributed by atoms with E-state index in [0.29, 0.717) is 6.61 Å². The maximum atomic E-state index is 6.54. The maximum Gasteiger partial charge on any atom is 0.160 e. The van der Waals surface area contributed by atoms with Gasteiger partial charge in [0.1, 0.15) is 17.9 Å². The van der Waals surface area contributed by atoms with Crippen molar-refractivity contribution >= 4 is 46.5 Å². The number of aryl methyl sites for hydroxylation is 1. The summed E-state index contributed by atoms with van der Waals surface area (Å²) in [5, 5.41) is 9.23. The number of likely N-dealkylation sites (N-methyl/N-ethyl adjacent to an activating group) is 1. The molecule has 0 atom stereocenters. The van der Waals surface area contributed by atoms with Crippen molar-refractivity contribution in [2.45, 2.75) is 26.7 Å². The molecule has 5 rings (SSSR count). The molecule has 0 radical (unpaired) electrons. The van der Waals surface area contributed by atoms with E-state index in [1.807, 2.05) is 6.07 Å². The number of fused-ring (bicyclic) bond motifs is 1. The van der Waals surface area contributed by atoms with Gasteiger partial charge in [-0.25, -0.2) is 9.97 Å². The number of benzene rings is 1. The van der Waals surface area contributed by atoms with Crippen molar-refractivity contribution in [1.29, 1.82) is 0 Å². The highest BCUT2D eigenvalue weighted by atomic mass is 35.5. The first-order chi connectivity index (χ1) is 17.5. The van der Waals surface area contributed by atoms with Gasteiger partial charge < -0.3 is 24.3 Å². The van der Waals surface area contributed by atoms with Gasteiger partial charge in [-0.3, -0.25) is 5.10 Å². The summed E-state index contributed by atoms with van der Waals surface area (Å²) in [6.45, 7) is 14.1. The highest BCUT2D eigenvalue weighted by Gasteiger charge is 2.24. The van der Waals surface area contributed by atoms with Crippen LogP contribution in [0.25, 0.3) is 11.0 Å². The molecule has 202 valence electrons. The minimum atomic E-state index is 0. The van der Waals surface area contributed by atoms with Crippen LogP contribution in [-0.2, 0) is 6.42 Å². The largest absolute Gasteiger partial charge is 0.493 e. The van der Waals surface area contributed by atoms with Gasteiger partial charge in [0.25, 0.3) is 0 Å². The number of ether oxygens (including phenoxy) is 1. The van der Waals surface area contributed by atoms with Crippen LogP contribution in [0.4, 0.5) is 11.5 Å². The summed E-state index contributed by atoms with van der Waals surface area (Å²) in [6, 6.07) is 4.02. The fourth-order valence-electron chi connectivity index (χ4n) is 5.22. The molecule has 37 heavy (non-hydrogen) atoms. The zero-order valence-corrected chi connectivity index (χ0v) is 23.6. The van der Waals surface area contributed by atoms with Crippen LogP contribution >= 0.6 is 24.0 Å². The third-order valence-electron chi connectivity index (χ3n) is 7.44. The van der Waals surface area contributed by atoms with Gasteiger partial charge in [0.2, 0.25) is 0 Å². The monoisotopic (exact) mass is 548 g/mol. The number of hydrogen-bond donors (Lipinski definition) is 1. The molecule has 1 N–H and O–H groups in total. The number of halogens is 2. The number of anilines is 2. The summed E-state index contributed by atoms with van der Waals surface area (Å²) in [4.78, 5) is 18.6. The van der Waals surface area contributed by atoms with Crippen LogP contribution in [0.5, 0.6) is 5.75 Å². The van der Waals surface area contributed by atoms with Crippen LogP contribution in [0, 0.1) is 6.92 Å². The molecule has 2 saturated heterocycles. The molecular weight excluding hydrogens is 511 g/mol. The molecule has 11 heteroatoms. The fraction of sp³-hybridized carbons (Fsp3) is 0.577. The van der Waals surface area contributed by atoms with Gasteiger partial charge in [-0.2, -0.15) is 5.10 Å². The van der Waals surface area contributed by atoms with E-state index >= 15 is 0 Å². The number of rotatable bonds is 8. The molecule has 2 aliphatic rings. The van der Waals surface area contributed by atoms with Crippen molar-refractivity contribution in [2.75, 3.05) is 82.4 Å². The van der Waals surface area contributed by atoms with Crippen LogP contribution < -0.4 is 14.5 Å². The topological polar surface area (TPSA) is 76.6 Å². The van der Waals surface area contributed by atoms with E-state index in [0.717, 1.165) is 116 Å². The second-order valence-electron chi connectivity index (χ2n) is 9.81. The molecule has 9 nitrogen and oxygen atoms in total. The van der Waals surface area contributed by atoms with Crippen molar-refractivity contribution in [3.8, 4) is 5.75 Å². The molecule has 0 bridgehead atoms. The summed E-state index contributed by atoms with van der Waals surface area (Å²) in [5.41, 5.74) is 4.13. The molecule has 0 unspecified atom stereocenters. The summed E-state index contributed by atoms with van der Waals surface area (Å²) < 4.78 is 6.23. The second-order valence-corrected chi connectivity index (χ2v) is 10.3. The van der Waals surface area contributed by atoms with Gasteiger partial charge in [-0.15, -0.1) is 12.4 Å². The van der Waals surface area contributed by atoms with E-state index in [4.69, 9.17) is 16.3 Å². The Morgan fingerprint density at radius 2 is 1.73 bits per heavy atom. The van der Waals surface area contributed by atoms with Crippen LogP contribution in [0.3, 0.4) is 0 Å². The maximum absolute atomic E-state index is 6.54. The highest BCUT2D eigenvalue weighted by Crippen LogP contribution is 2.34. The van der Waals surface area contributed by atoms with Crippen LogP contribution in [0.15, 0.2) is 18.5 Å². The van der Waals surface area contributed by atoms with Gasteiger partial charge in [0.05, 0.1) is 17.7 Å². The van der Waals surface area contributed by atoms with Crippen LogP contribution in [0.1, 0.15) is 24.6 Å². The van der Waals surface area contributed by atoms with Crippen molar-refractivity contribution in [1.82, 2.24) is 30.0 Å². The molecule has 2 aromatic heterocycles. The molecule has 0 saturated carbocycles. The van der Waals surface area contributed by atoms with Crippen molar-refractivity contribution in [2.24, 2.45) is 0 Å². The Labute approximate surface area is 230 Å². The zero-order valence-electron chi connectivity index (χ0n) is 22.0. The highest BCUT2D eigenvalue weighted by molar-refractivity contribution is 6.31. The predicted octanol–water partition coefficient (Wildman–Crippen LogP) is 3.64. The summed E-state index contributed by atoms with van der Waals surface area (Å²) >= 11 is 6.54. The first kappa shape index (κ1) is 27.7. The first-order valence-corrected chi connectivity index (χ1v) is 13.4. The SMILES string of the molecule is CCc1n[nH]c2ncnc(N3CCN(c4cc(Cl)cc(OCCCN5CCN(C)CC5)c4C)CC3)c12.Cl. The Balaban J connectivity index is 0.00000320. The minimum Gasteiger partial charge on any atom is -0.493 e. The second kappa shape index (κ2) is 12.5. The van der Waals surface area contributed by atoms with Crippen molar-refractivity contribution < 1.29 is 4.74 Å². The first-order valence-electron chi connectivity index (χ1n) is 13.0. The van der Waals surface area contributed by atoms with E-state index in [1.165, 1.54) is 0 Å².